The summed E-state index contributed by atoms with van der Waals surface area (Å²) in [5.74, 6) is 0.0726. The minimum absolute atomic E-state index is 0.0726. The number of carbonyl (C=O) groups excluding carboxylic acids is 1. The molecule has 1 unspecified atom stereocenters. The van der Waals surface area contributed by atoms with Crippen LogP contribution in [0.2, 0.25) is 0 Å². The molecular weight excluding hydrogens is 262 g/mol. The van der Waals surface area contributed by atoms with Gasteiger partial charge in [-0.05, 0) is 70.4 Å². The number of anilines is 1. The largest absolute Gasteiger partial charge is 0.325 e. The second-order valence-corrected chi connectivity index (χ2v) is 6.12. The molecule has 2 N–H and O–H groups in total. The summed E-state index contributed by atoms with van der Waals surface area (Å²) < 4.78 is 0. The topological polar surface area (TPSA) is 44.4 Å². The third-order valence-electron chi connectivity index (χ3n) is 4.23. The Bertz CT molecular complexity index is 479. The van der Waals surface area contributed by atoms with Crippen molar-refractivity contribution in [3.05, 3.63) is 29.3 Å². The predicted molar refractivity (Wildman–Crippen MR) is 87.7 cm³/mol. The lowest BCUT2D eigenvalue weighted by atomic mass is 10.1. The maximum Gasteiger partial charge on any atom is 0.238 e. The first kappa shape index (κ1) is 16.0. The zero-order chi connectivity index (χ0) is 15.2. The van der Waals surface area contributed by atoms with Gasteiger partial charge in [0.25, 0.3) is 0 Å². The van der Waals surface area contributed by atoms with Crippen molar-refractivity contribution in [2.75, 3.05) is 32.0 Å². The highest BCUT2D eigenvalue weighted by Crippen LogP contribution is 2.17. The van der Waals surface area contributed by atoms with E-state index in [1.54, 1.807) is 0 Å². The predicted octanol–water partition coefficient (Wildman–Crippen LogP) is 2.32. The van der Waals surface area contributed by atoms with E-state index in [1.165, 1.54) is 18.4 Å². The molecule has 21 heavy (non-hydrogen) atoms. The minimum Gasteiger partial charge on any atom is -0.325 e. The number of amides is 1. The summed E-state index contributed by atoms with van der Waals surface area (Å²) in [5, 5.41) is 6.45. The first-order chi connectivity index (χ1) is 10.1. The van der Waals surface area contributed by atoms with Crippen LogP contribution < -0.4 is 10.6 Å². The Hall–Kier alpha value is -1.39. The van der Waals surface area contributed by atoms with Gasteiger partial charge in [-0.3, -0.25) is 9.69 Å². The molecule has 1 aliphatic heterocycles. The van der Waals surface area contributed by atoms with Crippen LogP contribution in [-0.4, -0.2) is 43.5 Å². The summed E-state index contributed by atoms with van der Waals surface area (Å²) in [4.78, 5) is 14.4. The minimum atomic E-state index is 0.0726. The molecule has 2 rings (SSSR count). The molecule has 0 bridgehead atoms. The lowest BCUT2D eigenvalue weighted by molar-refractivity contribution is -0.117. The number of nitrogens with one attached hydrogen (secondary N) is 2. The molecule has 1 heterocycles. The maximum absolute atomic E-state index is 12.2. The van der Waals surface area contributed by atoms with E-state index in [4.69, 9.17) is 0 Å². The van der Waals surface area contributed by atoms with Crippen molar-refractivity contribution in [1.29, 1.82) is 0 Å². The summed E-state index contributed by atoms with van der Waals surface area (Å²) in [7, 11) is 2.05. The third kappa shape index (κ3) is 4.83. The number of hydrogen-bond acceptors (Lipinski definition) is 3. The van der Waals surface area contributed by atoms with Gasteiger partial charge >= 0.3 is 0 Å². The van der Waals surface area contributed by atoms with Crippen LogP contribution in [0.5, 0.6) is 0 Å². The van der Waals surface area contributed by atoms with Gasteiger partial charge in [0, 0.05) is 11.7 Å². The fourth-order valence-corrected chi connectivity index (χ4v) is 2.86. The second kappa shape index (κ2) is 7.57. The highest BCUT2D eigenvalue weighted by molar-refractivity contribution is 5.93. The van der Waals surface area contributed by atoms with Crippen molar-refractivity contribution in [1.82, 2.24) is 10.2 Å². The van der Waals surface area contributed by atoms with Gasteiger partial charge in [0.15, 0.2) is 0 Å². The molecule has 0 saturated carbocycles. The van der Waals surface area contributed by atoms with Crippen molar-refractivity contribution < 1.29 is 4.79 Å². The maximum atomic E-state index is 12.2. The summed E-state index contributed by atoms with van der Waals surface area (Å²) in [6, 6.07) is 6.65. The molecule has 1 saturated heterocycles. The molecule has 1 aromatic carbocycles. The Balaban J connectivity index is 1.89. The van der Waals surface area contributed by atoms with Crippen LogP contribution in [0.4, 0.5) is 5.69 Å². The summed E-state index contributed by atoms with van der Waals surface area (Å²) in [5.41, 5.74) is 3.20. The third-order valence-corrected chi connectivity index (χ3v) is 4.23. The van der Waals surface area contributed by atoms with Gasteiger partial charge in [0.2, 0.25) is 5.91 Å². The van der Waals surface area contributed by atoms with Gasteiger partial charge in [-0.15, -0.1) is 0 Å². The van der Waals surface area contributed by atoms with Gasteiger partial charge in [-0.2, -0.15) is 0 Å². The quantitative estimate of drug-likeness (QED) is 0.894. The van der Waals surface area contributed by atoms with Crippen LogP contribution in [0.1, 0.15) is 30.4 Å². The molecule has 1 amide bonds. The number of carbonyl (C=O) groups is 1. The highest BCUT2D eigenvalue weighted by atomic mass is 16.2. The van der Waals surface area contributed by atoms with Crippen molar-refractivity contribution in [3.63, 3.8) is 0 Å². The molecule has 0 spiro atoms. The Morgan fingerprint density at radius 3 is 2.95 bits per heavy atom. The van der Waals surface area contributed by atoms with Gasteiger partial charge < -0.3 is 10.6 Å². The van der Waals surface area contributed by atoms with E-state index in [2.05, 4.69) is 28.6 Å². The van der Waals surface area contributed by atoms with Gasteiger partial charge in [-0.1, -0.05) is 12.1 Å². The van der Waals surface area contributed by atoms with E-state index >= 15 is 0 Å². The van der Waals surface area contributed by atoms with Crippen LogP contribution in [0.3, 0.4) is 0 Å². The van der Waals surface area contributed by atoms with Gasteiger partial charge in [0.05, 0.1) is 6.54 Å². The van der Waals surface area contributed by atoms with E-state index in [1.807, 2.05) is 26.0 Å². The summed E-state index contributed by atoms with van der Waals surface area (Å²) >= 11 is 0. The fraction of sp³-hybridized carbons (Fsp3) is 0.588. The van der Waals surface area contributed by atoms with E-state index in [0.29, 0.717) is 12.6 Å². The molecule has 1 aromatic rings. The van der Waals surface area contributed by atoms with Crippen LogP contribution in [0.15, 0.2) is 18.2 Å². The van der Waals surface area contributed by atoms with E-state index in [0.717, 1.165) is 30.8 Å². The van der Waals surface area contributed by atoms with Crippen LogP contribution in [0.25, 0.3) is 0 Å². The Kier molecular flexibility index (Phi) is 5.76. The Labute approximate surface area is 127 Å². The lowest BCUT2D eigenvalue weighted by Crippen LogP contribution is -2.38. The van der Waals surface area contributed by atoms with Crippen LogP contribution in [0, 0.1) is 13.8 Å². The summed E-state index contributed by atoms with van der Waals surface area (Å²) in [6.07, 6.45) is 3.47. The molecule has 4 heteroatoms. The number of hydrogen-bond donors (Lipinski definition) is 2. The molecule has 0 aromatic heterocycles. The second-order valence-electron chi connectivity index (χ2n) is 6.12. The SMILES string of the molecule is Cc1ccc(C)c(NC(=O)CN(C)C2CCCNCC2)c1. The molecule has 0 radical (unpaired) electrons. The monoisotopic (exact) mass is 289 g/mol. The zero-order valence-corrected chi connectivity index (χ0v) is 13.4. The Morgan fingerprint density at radius 1 is 1.33 bits per heavy atom. The Morgan fingerprint density at radius 2 is 2.14 bits per heavy atom. The molecule has 4 nitrogen and oxygen atoms in total. The number of rotatable bonds is 4. The van der Waals surface area contributed by atoms with E-state index in [-0.39, 0.29) is 5.91 Å². The average molecular weight is 289 g/mol. The smallest absolute Gasteiger partial charge is 0.238 e. The molecule has 1 aliphatic rings. The molecule has 1 atom stereocenters. The van der Waals surface area contributed by atoms with Gasteiger partial charge in [0.1, 0.15) is 0 Å². The van der Waals surface area contributed by atoms with Crippen LogP contribution in [-0.2, 0) is 4.79 Å². The summed E-state index contributed by atoms with van der Waals surface area (Å²) in [6.45, 7) is 6.67. The van der Waals surface area contributed by atoms with Crippen LogP contribution >= 0.6 is 0 Å². The average Bonchev–Trinajstić information content (AvgIpc) is 2.72. The lowest BCUT2D eigenvalue weighted by Gasteiger charge is -2.26. The normalized spacial score (nSPS) is 19.3. The number of nitrogens with zero attached hydrogens (tertiary/aromatic N) is 1. The fourth-order valence-electron chi connectivity index (χ4n) is 2.86. The van der Waals surface area contributed by atoms with Crippen molar-refractivity contribution in [2.45, 2.75) is 39.2 Å². The van der Waals surface area contributed by atoms with Gasteiger partial charge in [-0.25, -0.2) is 0 Å². The van der Waals surface area contributed by atoms with E-state index < -0.39 is 0 Å². The number of likely N-dealkylation sites (N-methyl/N-ethyl adjacent to an activating group) is 1. The number of aryl methyl sites for hydroxylation is 2. The zero-order valence-electron chi connectivity index (χ0n) is 13.4. The molecule has 116 valence electrons. The molecule has 0 aliphatic carbocycles. The van der Waals surface area contributed by atoms with Crippen molar-refractivity contribution >= 4 is 11.6 Å². The standard InChI is InChI=1S/C17H27N3O/c1-13-6-7-14(2)16(11-13)19-17(21)12-20(3)15-5-4-9-18-10-8-15/h6-7,11,15,18H,4-5,8-10,12H2,1-3H3,(H,19,21). The molecular formula is C17H27N3O. The first-order valence-corrected chi connectivity index (χ1v) is 7.84. The van der Waals surface area contributed by atoms with Crippen molar-refractivity contribution in [2.24, 2.45) is 0 Å². The van der Waals surface area contributed by atoms with E-state index in [9.17, 15) is 4.79 Å². The van der Waals surface area contributed by atoms with Crippen molar-refractivity contribution in [3.8, 4) is 0 Å². The molecule has 1 fully saturated rings. The highest BCUT2D eigenvalue weighted by Gasteiger charge is 2.19. The number of benzene rings is 1. The first-order valence-electron chi connectivity index (χ1n) is 7.84.